The number of nitrogens with zero attached hydrogens (tertiary/aromatic N) is 1. The monoisotopic (exact) mass is 228 g/mol. The quantitative estimate of drug-likeness (QED) is 0.665. The van der Waals surface area contributed by atoms with Crippen LogP contribution in [0.25, 0.3) is 0 Å². The normalized spacial score (nSPS) is 12.1. The number of nitrogens with two attached hydrogens (primary N) is 1. The second kappa shape index (κ2) is 5.55. The summed E-state index contributed by atoms with van der Waals surface area (Å²) in [6.45, 7) is 3.84. The van der Waals surface area contributed by atoms with Crippen molar-refractivity contribution in [3.05, 3.63) is 6.20 Å². The number of carbonyl (C=O) groups excluding carboxylic acids is 1. The zero-order valence-electron chi connectivity index (χ0n) is 8.91. The van der Waals surface area contributed by atoms with Crippen molar-refractivity contribution in [2.45, 2.75) is 32.9 Å². The first-order chi connectivity index (χ1) is 7.11. The molecule has 1 atom stereocenters. The maximum absolute atomic E-state index is 11.3. The average Bonchev–Trinajstić information content (AvgIpc) is 2.51. The standard InChI is InChI=1S/C9H16N4OS/c1-3-4-8(14)12-6(2)13-9-11-5-7(10)15-9/h5-6H,3-4,10H2,1-2H3,(H,11,13)(H,12,14). The molecule has 0 spiro atoms. The van der Waals surface area contributed by atoms with Gasteiger partial charge in [-0.25, -0.2) is 4.98 Å². The highest BCUT2D eigenvalue weighted by Gasteiger charge is 2.07. The molecule has 0 fully saturated rings. The van der Waals surface area contributed by atoms with Crippen molar-refractivity contribution >= 4 is 27.4 Å². The zero-order valence-corrected chi connectivity index (χ0v) is 9.73. The molecular formula is C9H16N4OS. The molecule has 1 heterocycles. The molecule has 5 nitrogen and oxygen atoms in total. The van der Waals surface area contributed by atoms with Crippen molar-refractivity contribution in [3.63, 3.8) is 0 Å². The molecule has 4 N–H and O–H groups in total. The summed E-state index contributed by atoms with van der Waals surface area (Å²) in [7, 11) is 0. The van der Waals surface area contributed by atoms with E-state index in [1.165, 1.54) is 11.3 Å². The third-order valence-corrected chi connectivity index (χ3v) is 2.48. The fourth-order valence-electron chi connectivity index (χ4n) is 1.12. The van der Waals surface area contributed by atoms with E-state index in [0.29, 0.717) is 11.4 Å². The van der Waals surface area contributed by atoms with E-state index >= 15 is 0 Å². The van der Waals surface area contributed by atoms with Crippen molar-refractivity contribution in [1.82, 2.24) is 10.3 Å². The molecule has 0 aliphatic rings. The first kappa shape index (κ1) is 11.8. The molecule has 0 aliphatic carbocycles. The predicted molar refractivity (Wildman–Crippen MR) is 62.7 cm³/mol. The molecule has 1 unspecified atom stereocenters. The lowest BCUT2D eigenvalue weighted by molar-refractivity contribution is -0.121. The van der Waals surface area contributed by atoms with Crippen LogP contribution in [0.5, 0.6) is 0 Å². The van der Waals surface area contributed by atoms with E-state index < -0.39 is 0 Å². The van der Waals surface area contributed by atoms with Crippen LogP contribution in [-0.2, 0) is 4.79 Å². The molecule has 0 saturated carbocycles. The van der Waals surface area contributed by atoms with Crippen LogP contribution >= 0.6 is 11.3 Å². The fraction of sp³-hybridized carbons (Fsp3) is 0.556. The lowest BCUT2D eigenvalue weighted by Gasteiger charge is -2.14. The molecule has 6 heteroatoms. The predicted octanol–water partition coefficient (Wildman–Crippen LogP) is 1.40. The lowest BCUT2D eigenvalue weighted by Crippen LogP contribution is -2.37. The maximum atomic E-state index is 11.3. The van der Waals surface area contributed by atoms with Gasteiger partial charge in [-0.1, -0.05) is 18.3 Å². The smallest absolute Gasteiger partial charge is 0.221 e. The van der Waals surface area contributed by atoms with Gasteiger partial charge in [0.05, 0.1) is 12.4 Å². The maximum Gasteiger partial charge on any atom is 0.221 e. The lowest BCUT2D eigenvalue weighted by atomic mass is 10.3. The van der Waals surface area contributed by atoms with Crippen molar-refractivity contribution in [2.75, 3.05) is 11.1 Å². The Balaban J connectivity index is 2.35. The second-order valence-electron chi connectivity index (χ2n) is 3.25. The van der Waals surface area contributed by atoms with E-state index in [9.17, 15) is 4.79 Å². The van der Waals surface area contributed by atoms with E-state index in [-0.39, 0.29) is 12.1 Å². The number of nitrogens with one attached hydrogen (secondary N) is 2. The molecular weight excluding hydrogens is 212 g/mol. The Morgan fingerprint density at radius 1 is 1.73 bits per heavy atom. The topological polar surface area (TPSA) is 80.0 Å². The Bertz CT molecular complexity index is 326. The van der Waals surface area contributed by atoms with Crippen molar-refractivity contribution < 1.29 is 4.79 Å². The van der Waals surface area contributed by atoms with Gasteiger partial charge in [-0.3, -0.25) is 4.79 Å². The van der Waals surface area contributed by atoms with Gasteiger partial charge < -0.3 is 16.4 Å². The van der Waals surface area contributed by atoms with E-state index in [2.05, 4.69) is 15.6 Å². The van der Waals surface area contributed by atoms with Crippen LogP contribution in [0.3, 0.4) is 0 Å². The Labute approximate surface area is 93.1 Å². The first-order valence-electron chi connectivity index (χ1n) is 4.89. The average molecular weight is 228 g/mol. The molecule has 0 aliphatic heterocycles. The van der Waals surface area contributed by atoms with Gasteiger partial charge in [0.25, 0.3) is 0 Å². The molecule has 0 aromatic carbocycles. The molecule has 1 rings (SSSR count). The van der Waals surface area contributed by atoms with Crippen molar-refractivity contribution in [2.24, 2.45) is 0 Å². The molecule has 1 aromatic rings. The van der Waals surface area contributed by atoms with E-state index in [0.717, 1.165) is 11.6 Å². The Kier molecular flexibility index (Phi) is 4.36. The van der Waals surface area contributed by atoms with Crippen LogP contribution in [0.2, 0.25) is 0 Å². The second-order valence-corrected chi connectivity index (χ2v) is 4.31. The third-order valence-electron chi connectivity index (χ3n) is 1.72. The number of rotatable bonds is 5. The fourth-order valence-corrected chi connectivity index (χ4v) is 1.79. The van der Waals surface area contributed by atoms with Gasteiger partial charge in [0.15, 0.2) is 5.13 Å². The van der Waals surface area contributed by atoms with Crippen LogP contribution in [0.15, 0.2) is 6.20 Å². The summed E-state index contributed by atoms with van der Waals surface area (Å²) in [6, 6.07) is 0. The summed E-state index contributed by atoms with van der Waals surface area (Å²) in [5.41, 5.74) is 5.53. The van der Waals surface area contributed by atoms with E-state index in [4.69, 9.17) is 5.73 Å². The van der Waals surface area contributed by atoms with Crippen LogP contribution in [-0.4, -0.2) is 17.1 Å². The number of carbonyl (C=O) groups is 1. The van der Waals surface area contributed by atoms with Gasteiger partial charge in [0, 0.05) is 6.42 Å². The summed E-state index contributed by atoms with van der Waals surface area (Å²) < 4.78 is 0. The summed E-state index contributed by atoms with van der Waals surface area (Å²) in [4.78, 5) is 15.3. The molecule has 0 saturated heterocycles. The highest BCUT2D eigenvalue weighted by Crippen LogP contribution is 2.19. The highest BCUT2D eigenvalue weighted by atomic mass is 32.1. The van der Waals surface area contributed by atoms with Gasteiger partial charge in [0.2, 0.25) is 5.91 Å². The van der Waals surface area contributed by atoms with E-state index in [1.54, 1.807) is 6.20 Å². The van der Waals surface area contributed by atoms with Gasteiger partial charge in [0.1, 0.15) is 5.00 Å². The SMILES string of the molecule is CCCC(=O)NC(C)Nc1ncc(N)s1. The van der Waals surface area contributed by atoms with Crippen LogP contribution < -0.4 is 16.4 Å². The molecule has 1 aromatic heterocycles. The van der Waals surface area contributed by atoms with Crippen molar-refractivity contribution in [3.8, 4) is 0 Å². The number of anilines is 2. The van der Waals surface area contributed by atoms with Crippen LogP contribution in [0.1, 0.15) is 26.7 Å². The minimum absolute atomic E-state index is 0.0435. The molecule has 15 heavy (non-hydrogen) atoms. The number of aromatic nitrogens is 1. The molecule has 1 amide bonds. The van der Waals surface area contributed by atoms with Crippen molar-refractivity contribution in [1.29, 1.82) is 0 Å². The first-order valence-corrected chi connectivity index (χ1v) is 5.70. The molecule has 84 valence electrons. The van der Waals surface area contributed by atoms with Gasteiger partial charge in [-0.2, -0.15) is 0 Å². The van der Waals surface area contributed by atoms with Gasteiger partial charge in [-0.05, 0) is 13.3 Å². The number of hydrogen-bond donors (Lipinski definition) is 3. The number of nitrogen functional groups attached to an aromatic ring is 1. The summed E-state index contributed by atoms with van der Waals surface area (Å²) in [6.07, 6.45) is 2.86. The van der Waals surface area contributed by atoms with Gasteiger partial charge >= 0.3 is 0 Å². The number of thiazole rings is 1. The highest BCUT2D eigenvalue weighted by molar-refractivity contribution is 7.19. The van der Waals surface area contributed by atoms with Crippen LogP contribution in [0, 0.1) is 0 Å². The molecule has 0 radical (unpaired) electrons. The largest absolute Gasteiger partial charge is 0.389 e. The Morgan fingerprint density at radius 2 is 2.47 bits per heavy atom. The summed E-state index contributed by atoms with van der Waals surface area (Å²) in [5, 5.41) is 7.24. The molecule has 0 bridgehead atoms. The van der Waals surface area contributed by atoms with Gasteiger partial charge in [-0.15, -0.1) is 0 Å². The Hall–Kier alpha value is -1.30. The Morgan fingerprint density at radius 3 is 3.00 bits per heavy atom. The summed E-state index contributed by atoms with van der Waals surface area (Å²) in [5.74, 6) is 0.0435. The zero-order chi connectivity index (χ0) is 11.3. The summed E-state index contributed by atoms with van der Waals surface area (Å²) >= 11 is 1.36. The van der Waals surface area contributed by atoms with E-state index in [1.807, 2.05) is 13.8 Å². The number of hydrogen-bond acceptors (Lipinski definition) is 5. The minimum Gasteiger partial charge on any atom is -0.389 e. The minimum atomic E-state index is -0.130. The van der Waals surface area contributed by atoms with Crippen LogP contribution in [0.4, 0.5) is 10.1 Å². The third kappa shape index (κ3) is 4.16. The number of amides is 1.